The van der Waals surface area contributed by atoms with Crippen molar-refractivity contribution in [3.05, 3.63) is 53.5 Å². The van der Waals surface area contributed by atoms with Gasteiger partial charge in [0.15, 0.2) is 5.96 Å². The lowest BCUT2D eigenvalue weighted by Crippen LogP contribution is -2.46. The molecule has 1 aromatic carbocycles. The van der Waals surface area contributed by atoms with Crippen LogP contribution in [0.5, 0.6) is 0 Å². The summed E-state index contributed by atoms with van der Waals surface area (Å²) in [5, 5.41) is 3.55. The van der Waals surface area contributed by atoms with E-state index in [-0.39, 0.29) is 6.04 Å². The molecule has 1 saturated heterocycles. The van der Waals surface area contributed by atoms with Crippen LogP contribution in [-0.4, -0.2) is 69.0 Å². The summed E-state index contributed by atoms with van der Waals surface area (Å²) >= 11 is 1.76. The van der Waals surface area contributed by atoms with Gasteiger partial charge in [-0.3, -0.25) is 9.89 Å². The number of thioether (sulfide) groups is 1. The maximum Gasteiger partial charge on any atom is 0.193 e. The number of aryl methyl sites for hydroxylation is 1. The number of nitrogens with one attached hydrogen (secondary N) is 1. The van der Waals surface area contributed by atoms with E-state index in [1.54, 1.807) is 11.8 Å². The van der Waals surface area contributed by atoms with Crippen LogP contribution < -0.4 is 5.32 Å². The largest absolute Gasteiger partial charge is 0.465 e. The second-order valence-electron chi connectivity index (χ2n) is 7.24. The average Bonchev–Trinajstić information content (AvgIpc) is 3.18. The van der Waals surface area contributed by atoms with Gasteiger partial charge in [-0.25, -0.2) is 0 Å². The van der Waals surface area contributed by atoms with Crippen molar-refractivity contribution in [2.45, 2.75) is 24.4 Å². The monoisotopic (exact) mass is 416 g/mol. The summed E-state index contributed by atoms with van der Waals surface area (Å²) in [5.41, 5.74) is 1.26. The van der Waals surface area contributed by atoms with Gasteiger partial charge in [-0.1, -0.05) is 12.1 Å². The van der Waals surface area contributed by atoms with Crippen LogP contribution in [0.4, 0.5) is 0 Å². The summed E-state index contributed by atoms with van der Waals surface area (Å²) in [6, 6.07) is 12.9. The summed E-state index contributed by atoms with van der Waals surface area (Å²) in [5.74, 6) is 2.80. The first-order valence-electron chi connectivity index (χ1n) is 10.0. The van der Waals surface area contributed by atoms with E-state index in [0.717, 1.165) is 56.9 Å². The van der Waals surface area contributed by atoms with Gasteiger partial charge in [0.25, 0.3) is 0 Å². The molecular weight excluding hydrogens is 384 g/mol. The number of furan rings is 1. The van der Waals surface area contributed by atoms with Crippen LogP contribution in [-0.2, 0) is 11.3 Å². The van der Waals surface area contributed by atoms with Gasteiger partial charge in [-0.2, -0.15) is 0 Å². The van der Waals surface area contributed by atoms with Crippen molar-refractivity contribution in [3.8, 4) is 0 Å². The standard InChI is InChI=1S/C22H32N4O2S/c1-17-5-10-21(28-17)20(26-11-13-27-14-12-26)15-24-22(23-2)25(3)16-18-6-8-19(29-4)9-7-18/h5-10,20H,11-16H2,1-4H3,(H,23,24). The van der Waals surface area contributed by atoms with E-state index in [9.17, 15) is 0 Å². The van der Waals surface area contributed by atoms with E-state index in [2.05, 4.69) is 63.7 Å². The zero-order valence-electron chi connectivity index (χ0n) is 17.9. The molecule has 2 aromatic rings. The smallest absolute Gasteiger partial charge is 0.193 e. The normalized spacial score (nSPS) is 16.6. The van der Waals surface area contributed by atoms with Crippen molar-refractivity contribution < 1.29 is 9.15 Å². The molecule has 0 amide bonds. The highest BCUT2D eigenvalue weighted by Gasteiger charge is 2.25. The number of ether oxygens (including phenoxy) is 1. The highest BCUT2D eigenvalue weighted by atomic mass is 32.2. The SMILES string of the molecule is CN=C(NCC(c1ccc(C)o1)N1CCOCC1)N(C)Cc1ccc(SC)cc1. The number of benzene rings is 1. The molecule has 1 N–H and O–H groups in total. The third kappa shape index (κ3) is 6.01. The third-order valence-electron chi connectivity index (χ3n) is 5.18. The van der Waals surface area contributed by atoms with Crippen LogP contribution >= 0.6 is 11.8 Å². The van der Waals surface area contributed by atoms with E-state index >= 15 is 0 Å². The van der Waals surface area contributed by atoms with Crippen molar-refractivity contribution in [2.24, 2.45) is 4.99 Å². The predicted molar refractivity (Wildman–Crippen MR) is 120 cm³/mol. The molecule has 0 saturated carbocycles. The predicted octanol–water partition coefficient (Wildman–Crippen LogP) is 3.39. The van der Waals surface area contributed by atoms with Crippen LogP contribution in [0, 0.1) is 6.92 Å². The molecule has 0 radical (unpaired) electrons. The molecule has 1 fully saturated rings. The Labute approximate surface area is 178 Å². The average molecular weight is 417 g/mol. The van der Waals surface area contributed by atoms with Gasteiger partial charge < -0.3 is 19.4 Å². The second kappa shape index (κ2) is 10.7. The summed E-state index contributed by atoms with van der Waals surface area (Å²) in [7, 11) is 3.90. The summed E-state index contributed by atoms with van der Waals surface area (Å²) in [6.45, 7) is 6.85. The molecule has 1 aliphatic heterocycles. The Kier molecular flexibility index (Phi) is 8.03. The Hall–Kier alpha value is -1.96. The highest BCUT2D eigenvalue weighted by Crippen LogP contribution is 2.23. The number of rotatable bonds is 7. The summed E-state index contributed by atoms with van der Waals surface area (Å²) in [4.78, 5) is 10.3. The fourth-order valence-electron chi connectivity index (χ4n) is 3.58. The van der Waals surface area contributed by atoms with Crippen molar-refractivity contribution in [3.63, 3.8) is 0 Å². The zero-order chi connectivity index (χ0) is 20.6. The lowest BCUT2D eigenvalue weighted by Gasteiger charge is -2.34. The molecular formula is C22H32N4O2S. The number of aliphatic imine (C=N–C) groups is 1. The number of nitrogens with zero attached hydrogens (tertiary/aromatic N) is 3. The second-order valence-corrected chi connectivity index (χ2v) is 8.12. The van der Waals surface area contributed by atoms with Gasteiger partial charge in [-0.05, 0) is 43.0 Å². The van der Waals surface area contributed by atoms with Crippen LogP contribution in [0.2, 0.25) is 0 Å². The lowest BCUT2D eigenvalue weighted by molar-refractivity contribution is 0.0123. The zero-order valence-corrected chi connectivity index (χ0v) is 18.7. The third-order valence-corrected chi connectivity index (χ3v) is 5.93. The molecule has 7 heteroatoms. The first-order chi connectivity index (χ1) is 14.1. The Morgan fingerprint density at radius 3 is 2.52 bits per heavy atom. The first kappa shape index (κ1) is 21.7. The molecule has 2 heterocycles. The molecule has 6 nitrogen and oxygen atoms in total. The molecule has 29 heavy (non-hydrogen) atoms. The fourth-order valence-corrected chi connectivity index (χ4v) is 3.99. The number of morpholine rings is 1. The van der Waals surface area contributed by atoms with Gasteiger partial charge in [0.1, 0.15) is 11.5 Å². The van der Waals surface area contributed by atoms with Crippen molar-refractivity contribution in [2.75, 3.05) is 53.2 Å². The summed E-state index contributed by atoms with van der Waals surface area (Å²) < 4.78 is 11.5. The van der Waals surface area contributed by atoms with Crippen LogP contribution in [0.1, 0.15) is 23.1 Å². The van der Waals surface area contributed by atoms with Gasteiger partial charge in [0.05, 0.1) is 19.3 Å². The molecule has 1 atom stereocenters. The number of guanidine groups is 1. The molecule has 1 unspecified atom stereocenters. The highest BCUT2D eigenvalue weighted by molar-refractivity contribution is 7.98. The fraction of sp³-hybridized carbons (Fsp3) is 0.500. The molecule has 0 spiro atoms. The first-order valence-corrected chi connectivity index (χ1v) is 11.3. The van der Waals surface area contributed by atoms with E-state index in [1.807, 2.05) is 20.0 Å². The van der Waals surface area contributed by atoms with Crippen molar-refractivity contribution >= 4 is 17.7 Å². The lowest BCUT2D eigenvalue weighted by atomic mass is 10.1. The topological polar surface area (TPSA) is 53.2 Å². The van der Waals surface area contributed by atoms with Crippen molar-refractivity contribution in [1.29, 1.82) is 0 Å². The van der Waals surface area contributed by atoms with E-state index in [4.69, 9.17) is 9.15 Å². The number of hydrogen-bond acceptors (Lipinski definition) is 5. The van der Waals surface area contributed by atoms with E-state index in [0.29, 0.717) is 0 Å². The molecule has 0 aliphatic carbocycles. The molecule has 1 aromatic heterocycles. The quantitative estimate of drug-likeness (QED) is 0.424. The van der Waals surface area contributed by atoms with Gasteiger partial charge in [0.2, 0.25) is 0 Å². The maximum atomic E-state index is 5.96. The van der Waals surface area contributed by atoms with E-state index < -0.39 is 0 Å². The van der Waals surface area contributed by atoms with Crippen LogP contribution in [0.15, 0.2) is 50.7 Å². The van der Waals surface area contributed by atoms with Crippen LogP contribution in [0.3, 0.4) is 0 Å². The van der Waals surface area contributed by atoms with E-state index in [1.165, 1.54) is 10.5 Å². The summed E-state index contributed by atoms with van der Waals surface area (Å²) in [6.07, 6.45) is 2.10. The molecule has 158 valence electrons. The minimum atomic E-state index is 0.151. The maximum absolute atomic E-state index is 5.96. The molecule has 1 aliphatic rings. The van der Waals surface area contributed by atoms with Gasteiger partial charge in [-0.15, -0.1) is 11.8 Å². The van der Waals surface area contributed by atoms with Crippen LogP contribution in [0.25, 0.3) is 0 Å². The molecule has 3 rings (SSSR count). The Bertz CT molecular complexity index is 784. The van der Waals surface area contributed by atoms with Gasteiger partial charge >= 0.3 is 0 Å². The Morgan fingerprint density at radius 2 is 1.93 bits per heavy atom. The van der Waals surface area contributed by atoms with Gasteiger partial charge in [0, 0.05) is 45.2 Å². The Morgan fingerprint density at radius 1 is 1.21 bits per heavy atom. The van der Waals surface area contributed by atoms with Crippen molar-refractivity contribution in [1.82, 2.24) is 15.1 Å². The minimum absolute atomic E-state index is 0.151. The Balaban J connectivity index is 1.64. The number of hydrogen-bond donors (Lipinski definition) is 1. The minimum Gasteiger partial charge on any atom is -0.465 e. The molecule has 0 bridgehead atoms.